The van der Waals surface area contributed by atoms with E-state index >= 15 is 0 Å². The number of benzene rings is 1. The van der Waals surface area contributed by atoms with Crippen LogP contribution < -0.4 is 4.74 Å². The van der Waals surface area contributed by atoms with Gasteiger partial charge in [-0.1, -0.05) is 18.7 Å². The predicted octanol–water partition coefficient (Wildman–Crippen LogP) is 6.01. The standard InChI is InChI=1S/C30H36FNO4.CH2O2/c1-6-25-22(15-23-16-27(23)25)13-19(2)36-17-24-14-21(7-9-28(24)31)26-8-10-29(32-20(26)3)35-12-11-34-18-30(4,5)33;2-1-3/h6-10,13-14,23,27,33H,2,11-12,15-18H2,1,3-5H3;1H,(H,2,3)/b22-13-,25-6+;. The van der Waals surface area contributed by atoms with Crippen LogP contribution in [0.15, 0.2) is 66.0 Å². The van der Waals surface area contributed by atoms with Crippen LogP contribution in [0, 0.1) is 24.6 Å². The summed E-state index contributed by atoms with van der Waals surface area (Å²) in [4.78, 5) is 12.9. The number of carboxylic acid groups (broad SMARTS) is 1. The Morgan fingerprint density at radius 2 is 2.00 bits per heavy atom. The molecule has 1 aromatic carbocycles. The molecule has 0 radical (unpaired) electrons. The zero-order valence-electron chi connectivity index (χ0n) is 23.1. The molecule has 2 aliphatic carbocycles. The average Bonchev–Trinajstić information content (AvgIpc) is 3.54. The second-order valence-electron chi connectivity index (χ2n) is 10.4. The minimum Gasteiger partial charge on any atom is -0.489 e. The number of aromatic nitrogens is 1. The van der Waals surface area contributed by atoms with Crippen molar-refractivity contribution in [2.45, 2.75) is 52.7 Å². The van der Waals surface area contributed by atoms with E-state index in [1.807, 2.05) is 19.1 Å². The molecule has 2 aliphatic rings. The fourth-order valence-electron chi connectivity index (χ4n) is 4.74. The van der Waals surface area contributed by atoms with Gasteiger partial charge in [0.15, 0.2) is 0 Å². The summed E-state index contributed by atoms with van der Waals surface area (Å²) in [6, 6.07) is 8.71. The number of ether oxygens (including phenoxy) is 3. The Balaban J connectivity index is 0.00000134. The number of aliphatic hydroxyl groups is 1. The third-order valence-corrected chi connectivity index (χ3v) is 6.58. The molecule has 0 saturated heterocycles. The summed E-state index contributed by atoms with van der Waals surface area (Å²) in [7, 11) is 0. The smallest absolute Gasteiger partial charge is 0.290 e. The van der Waals surface area contributed by atoms with Crippen LogP contribution in [-0.4, -0.2) is 47.1 Å². The molecule has 7 nitrogen and oxygen atoms in total. The highest BCUT2D eigenvalue weighted by atomic mass is 19.1. The van der Waals surface area contributed by atoms with Crippen molar-refractivity contribution < 1.29 is 33.6 Å². The maximum Gasteiger partial charge on any atom is 0.290 e. The maximum atomic E-state index is 14.6. The molecule has 2 fully saturated rings. The molecular weight excluding hydrogens is 501 g/mol. The molecule has 2 saturated carbocycles. The van der Waals surface area contributed by atoms with Crippen molar-refractivity contribution in [1.82, 2.24) is 4.98 Å². The molecule has 8 heteroatoms. The van der Waals surface area contributed by atoms with E-state index < -0.39 is 5.60 Å². The van der Waals surface area contributed by atoms with Gasteiger partial charge in [-0.25, -0.2) is 9.37 Å². The number of nitrogens with zero attached hydrogens (tertiary/aromatic N) is 1. The average molecular weight is 540 g/mol. The minimum absolute atomic E-state index is 0.110. The molecule has 1 aromatic heterocycles. The number of hydrogen-bond donors (Lipinski definition) is 2. The van der Waals surface area contributed by atoms with Gasteiger partial charge in [-0.15, -0.1) is 0 Å². The number of fused-ring (bicyclic) bond motifs is 1. The quantitative estimate of drug-likeness (QED) is 0.205. The van der Waals surface area contributed by atoms with Crippen molar-refractivity contribution >= 4 is 6.47 Å². The lowest BCUT2D eigenvalue weighted by atomic mass is 10.0. The molecule has 0 bridgehead atoms. The van der Waals surface area contributed by atoms with Crippen molar-refractivity contribution in [1.29, 1.82) is 0 Å². The normalized spacial score (nSPS) is 19.7. The van der Waals surface area contributed by atoms with Gasteiger partial charge in [0.05, 0.1) is 18.8 Å². The number of aryl methyl sites for hydroxylation is 1. The third kappa shape index (κ3) is 8.76. The summed E-state index contributed by atoms with van der Waals surface area (Å²) in [6.45, 7) is 12.2. The summed E-state index contributed by atoms with van der Waals surface area (Å²) < 4.78 is 31.5. The number of hydrogen-bond acceptors (Lipinski definition) is 6. The van der Waals surface area contributed by atoms with Gasteiger partial charge in [0.1, 0.15) is 24.8 Å². The monoisotopic (exact) mass is 539 g/mol. The topological polar surface area (TPSA) is 98.1 Å². The SMILES string of the molecule is C=C(/C=C1/CC2CC2/C1=C/C)OCc1cc(-c2ccc(OCCOCC(C)(C)O)nc2C)ccc1F.O=CO. The lowest BCUT2D eigenvalue weighted by Gasteiger charge is -2.17. The Morgan fingerprint density at radius 3 is 2.67 bits per heavy atom. The van der Waals surface area contributed by atoms with Gasteiger partial charge in [-0.3, -0.25) is 4.79 Å². The van der Waals surface area contributed by atoms with E-state index in [0.717, 1.165) is 29.2 Å². The first kappa shape index (κ1) is 30.1. The number of halogens is 1. The van der Waals surface area contributed by atoms with Gasteiger partial charge in [0.2, 0.25) is 5.88 Å². The van der Waals surface area contributed by atoms with Crippen LogP contribution in [0.5, 0.6) is 5.88 Å². The highest BCUT2D eigenvalue weighted by molar-refractivity contribution is 5.67. The van der Waals surface area contributed by atoms with Crippen molar-refractivity contribution in [3.05, 3.63) is 83.0 Å². The molecule has 2 N–H and O–H groups in total. The fourth-order valence-corrected chi connectivity index (χ4v) is 4.74. The Labute approximate surface area is 229 Å². The van der Waals surface area contributed by atoms with Gasteiger partial charge in [0, 0.05) is 22.9 Å². The molecule has 4 rings (SSSR count). The number of carbonyl (C=O) groups is 1. The molecule has 210 valence electrons. The second-order valence-corrected chi connectivity index (χ2v) is 10.4. The summed E-state index contributed by atoms with van der Waals surface area (Å²) in [5.74, 6) is 2.23. The highest BCUT2D eigenvalue weighted by Crippen LogP contribution is 2.57. The van der Waals surface area contributed by atoms with E-state index in [9.17, 15) is 9.50 Å². The molecule has 39 heavy (non-hydrogen) atoms. The van der Waals surface area contributed by atoms with Crippen LogP contribution in [0.2, 0.25) is 0 Å². The Kier molecular flexibility index (Phi) is 10.4. The molecule has 2 unspecified atom stereocenters. The number of allylic oxidation sites excluding steroid dienone is 4. The molecule has 2 aromatic rings. The first-order chi connectivity index (χ1) is 18.6. The second kappa shape index (κ2) is 13.5. The Hall–Kier alpha value is -3.49. The zero-order chi connectivity index (χ0) is 28.6. The third-order valence-electron chi connectivity index (χ3n) is 6.58. The van der Waals surface area contributed by atoms with E-state index in [2.05, 4.69) is 24.6 Å². The lowest BCUT2D eigenvalue weighted by molar-refractivity contribution is -0.122. The van der Waals surface area contributed by atoms with Gasteiger partial charge in [-0.2, -0.15) is 0 Å². The first-order valence-corrected chi connectivity index (χ1v) is 13.0. The molecule has 2 atom stereocenters. The summed E-state index contributed by atoms with van der Waals surface area (Å²) >= 11 is 0. The van der Waals surface area contributed by atoms with Crippen molar-refractivity contribution in [2.24, 2.45) is 11.8 Å². The number of pyridine rings is 1. The zero-order valence-corrected chi connectivity index (χ0v) is 23.1. The van der Waals surface area contributed by atoms with Crippen molar-refractivity contribution in [2.75, 3.05) is 19.8 Å². The van der Waals surface area contributed by atoms with Crippen molar-refractivity contribution in [3.63, 3.8) is 0 Å². The van der Waals surface area contributed by atoms with Crippen LogP contribution in [-0.2, 0) is 20.9 Å². The molecule has 0 spiro atoms. The van der Waals surface area contributed by atoms with Crippen molar-refractivity contribution in [3.8, 4) is 17.0 Å². The summed E-state index contributed by atoms with van der Waals surface area (Å²) in [5.41, 5.74) is 4.83. The van der Waals surface area contributed by atoms with Gasteiger partial charge < -0.3 is 24.4 Å². The van der Waals surface area contributed by atoms with E-state index in [1.54, 1.807) is 32.0 Å². The number of rotatable bonds is 11. The van der Waals surface area contributed by atoms with Crippen LogP contribution >= 0.6 is 0 Å². The van der Waals surface area contributed by atoms with Crippen LogP contribution in [0.3, 0.4) is 0 Å². The summed E-state index contributed by atoms with van der Waals surface area (Å²) in [6.07, 6.45) is 6.57. The van der Waals surface area contributed by atoms with E-state index in [4.69, 9.17) is 24.1 Å². The maximum absolute atomic E-state index is 14.6. The molecule has 0 aliphatic heterocycles. The van der Waals surface area contributed by atoms with Gasteiger partial charge >= 0.3 is 0 Å². The Morgan fingerprint density at radius 1 is 1.26 bits per heavy atom. The minimum atomic E-state index is -0.869. The fraction of sp³-hybridized carbons (Fsp3) is 0.419. The molecule has 1 heterocycles. The summed E-state index contributed by atoms with van der Waals surface area (Å²) in [5, 5.41) is 16.6. The van der Waals surface area contributed by atoms with Gasteiger partial charge in [-0.05, 0) is 93.4 Å². The lowest BCUT2D eigenvalue weighted by Crippen LogP contribution is -2.27. The highest BCUT2D eigenvalue weighted by Gasteiger charge is 2.46. The van der Waals surface area contributed by atoms with Gasteiger partial charge in [0.25, 0.3) is 6.47 Å². The van der Waals surface area contributed by atoms with Crippen LogP contribution in [0.4, 0.5) is 4.39 Å². The van der Waals surface area contributed by atoms with Crippen LogP contribution in [0.25, 0.3) is 11.1 Å². The van der Waals surface area contributed by atoms with E-state index in [1.165, 1.54) is 23.6 Å². The molecule has 0 amide bonds. The first-order valence-electron chi connectivity index (χ1n) is 13.0. The van der Waals surface area contributed by atoms with E-state index in [-0.39, 0.29) is 25.5 Å². The molecular formula is C31H38FNO6. The largest absolute Gasteiger partial charge is 0.489 e. The van der Waals surface area contributed by atoms with E-state index in [0.29, 0.717) is 36.3 Å². The Bertz CT molecular complexity index is 1230. The van der Waals surface area contributed by atoms with Crippen LogP contribution in [0.1, 0.15) is 44.9 Å². The predicted molar refractivity (Wildman–Crippen MR) is 148 cm³/mol.